The van der Waals surface area contributed by atoms with Crippen molar-refractivity contribution in [1.82, 2.24) is 14.1 Å². The van der Waals surface area contributed by atoms with Crippen LogP contribution in [0.5, 0.6) is 0 Å². The van der Waals surface area contributed by atoms with Gasteiger partial charge in [-0.25, -0.2) is 12.7 Å². The topological polar surface area (TPSA) is 78.0 Å². The number of sulfonamides is 1. The maximum Gasteiger partial charge on any atom is 0.416 e. The molecule has 2 aliphatic heterocycles. The van der Waals surface area contributed by atoms with Gasteiger partial charge in [0.1, 0.15) is 0 Å². The molecule has 2 aromatic rings. The van der Waals surface area contributed by atoms with Crippen molar-refractivity contribution in [2.24, 2.45) is 11.8 Å². The molecule has 0 radical (unpaired) electrons. The van der Waals surface area contributed by atoms with Crippen LogP contribution in [0.4, 0.5) is 26.3 Å². The Bertz CT molecular complexity index is 1530. The first-order valence-electron chi connectivity index (χ1n) is 15.3. The van der Waals surface area contributed by atoms with Gasteiger partial charge in [-0.2, -0.15) is 26.3 Å². The minimum Gasteiger partial charge on any atom is -0.342 e. The maximum absolute atomic E-state index is 13.8. The summed E-state index contributed by atoms with van der Waals surface area (Å²) in [5.41, 5.74) is -1.48. The van der Waals surface area contributed by atoms with Gasteiger partial charge in [0.2, 0.25) is 21.8 Å². The number of hydrogen-bond donors (Lipinski definition) is 0. The van der Waals surface area contributed by atoms with Gasteiger partial charge in [0, 0.05) is 57.5 Å². The molecule has 14 heteroatoms. The van der Waals surface area contributed by atoms with E-state index in [1.807, 2.05) is 31.2 Å². The normalized spacial score (nSPS) is 22.1. The zero-order valence-corrected chi connectivity index (χ0v) is 26.4. The lowest BCUT2D eigenvalue weighted by Crippen LogP contribution is -2.51. The summed E-state index contributed by atoms with van der Waals surface area (Å²) in [5, 5.41) is -0.315. The maximum atomic E-state index is 13.8. The van der Waals surface area contributed by atoms with Crippen molar-refractivity contribution in [3.8, 4) is 0 Å². The van der Waals surface area contributed by atoms with E-state index in [-0.39, 0.29) is 61.3 Å². The number of halogens is 6. The van der Waals surface area contributed by atoms with E-state index < -0.39 is 57.8 Å². The Morgan fingerprint density at radius 1 is 0.870 bits per heavy atom. The SMILES string of the molecule is Cc1ccccc1[C@@H]1CN(C(=O)C2CCN(S(=O)(=O)C3CC3)CC2)CC[C@H]1C(=O)N(C)Cc1cc(C(F)(F)F)cc(C(F)(F)F)c1. The third-order valence-electron chi connectivity index (χ3n) is 9.38. The van der Waals surface area contributed by atoms with Crippen molar-refractivity contribution in [3.63, 3.8) is 0 Å². The molecule has 0 aromatic heterocycles. The van der Waals surface area contributed by atoms with Crippen molar-refractivity contribution in [2.45, 2.75) is 69.1 Å². The van der Waals surface area contributed by atoms with E-state index in [9.17, 15) is 44.3 Å². The summed E-state index contributed by atoms with van der Waals surface area (Å²) in [5.74, 6) is -2.04. The lowest BCUT2D eigenvalue weighted by atomic mass is 9.78. The number of carbonyl (C=O) groups excluding carboxylic acids is 2. The number of benzene rings is 2. The predicted molar refractivity (Wildman–Crippen MR) is 158 cm³/mol. The van der Waals surface area contributed by atoms with Crippen molar-refractivity contribution >= 4 is 21.8 Å². The van der Waals surface area contributed by atoms with Crippen LogP contribution in [0.25, 0.3) is 0 Å². The van der Waals surface area contributed by atoms with E-state index in [2.05, 4.69) is 0 Å². The van der Waals surface area contributed by atoms with Gasteiger partial charge in [0.05, 0.1) is 16.4 Å². The molecule has 0 unspecified atom stereocenters. The second kappa shape index (κ2) is 12.8. The van der Waals surface area contributed by atoms with Crippen molar-refractivity contribution in [2.75, 3.05) is 33.2 Å². The Morgan fingerprint density at radius 3 is 2.00 bits per heavy atom. The summed E-state index contributed by atoms with van der Waals surface area (Å²) in [6.45, 7) is 2.42. The number of nitrogens with zero attached hydrogens (tertiary/aromatic N) is 3. The predicted octanol–water partition coefficient (Wildman–Crippen LogP) is 5.83. The number of hydrogen-bond acceptors (Lipinski definition) is 4. The lowest BCUT2D eigenvalue weighted by molar-refractivity contribution is -0.144. The highest BCUT2D eigenvalue weighted by atomic mass is 32.2. The molecule has 2 heterocycles. The van der Waals surface area contributed by atoms with E-state index in [4.69, 9.17) is 0 Å². The number of aryl methyl sites for hydroxylation is 1. The van der Waals surface area contributed by atoms with Crippen LogP contribution in [0.15, 0.2) is 42.5 Å². The van der Waals surface area contributed by atoms with Gasteiger partial charge in [0.15, 0.2) is 0 Å². The third kappa shape index (κ3) is 7.37. The highest BCUT2D eigenvalue weighted by Crippen LogP contribution is 2.39. The lowest BCUT2D eigenvalue weighted by Gasteiger charge is -2.42. The van der Waals surface area contributed by atoms with E-state index >= 15 is 0 Å². The number of amides is 2. The summed E-state index contributed by atoms with van der Waals surface area (Å²) < 4.78 is 107. The Labute approximate surface area is 264 Å². The molecule has 2 atom stereocenters. The van der Waals surface area contributed by atoms with E-state index in [1.165, 1.54) is 11.4 Å². The van der Waals surface area contributed by atoms with Crippen LogP contribution in [-0.2, 0) is 38.5 Å². The third-order valence-corrected chi connectivity index (χ3v) is 11.8. The molecule has 1 saturated carbocycles. The van der Waals surface area contributed by atoms with Crippen LogP contribution >= 0.6 is 0 Å². The van der Waals surface area contributed by atoms with E-state index in [1.54, 1.807) is 4.90 Å². The van der Waals surface area contributed by atoms with Gasteiger partial charge in [-0.3, -0.25) is 9.59 Å². The second-order valence-corrected chi connectivity index (χ2v) is 14.9. The average molecular weight is 674 g/mol. The highest BCUT2D eigenvalue weighted by molar-refractivity contribution is 7.90. The van der Waals surface area contributed by atoms with Crippen LogP contribution in [0.3, 0.4) is 0 Å². The Morgan fingerprint density at radius 2 is 1.46 bits per heavy atom. The first-order valence-corrected chi connectivity index (χ1v) is 16.8. The van der Waals surface area contributed by atoms with Gasteiger partial charge in [-0.1, -0.05) is 24.3 Å². The molecule has 2 aromatic carbocycles. The van der Waals surface area contributed by atoms with Crippen LogP contribution in [-0.4, -0.2) is 72.8 Å². The Hall–Kier alpha value is -3.13. The van der Waals surface area contributed by atoms with Crippen LogP contribution in [0.2, 0.25) is 0 Å². The fourth-order valence-electron chi connectivity index (χ4n) is 6.70. The minimum absolute atomic E-state index is 0.0577. The minimum atomic E-state index is -5.00. The largest absolute Gasteiger partial charge is 0.416 e. The zero-order valence-electron chi connectivity index (χ0n) is 25.6. The first-order chi connectivity index (χ1) is 21.5. The number of piperidine rings is 2. The molecule has 3 aliphatic rings. The molecule has 0 N–H and O–H groups in total. The smallest absolute Gasteiger partial charge is 0.342 e. The summed E-state index contributed by atoms with van der Waals surface area (Å²) in [7, 11) is -1.97. The van der Waals surface area contributed by atoms with Crippen molar-refractivity contribution in [3.05, 3.63) is 70.3 Å². The average Bonchev–Trinajstić information content (AvgIpc) is 3.86. The standard InChI is InChI=1S/C32H37F6N3O4S/c1-20-5-3-4-6-26(20)28-19-40(29(42)22-9-13-41(14-10-22)46(44,45)25-7-8-25)12-11-27(28)30(43)39(2)18-21-15-23(31(33,34)35)17-24(16-21)32(36,37)38/h3-6,15-17,22,25,27-28H,7-14,18-19H2,1-2H3/t27-,28+/m1/s1. The second-order valence-electron chi connectivity index (χ2n) is 12.7. The number of carbonyl (C=O) groups is 2. The van der Waals surface area contributed by atoms with Gasteiger partial charge in [0.25, 0.3) is 0 Å². The molecule has 252 valence electrons. The van der Waals surface area contributed by atoms with Gasteiger partial charge in [-0.05, 0) is 73.9 Å². The van der Waals surface area contributed by atoms with Crippen LogP contribution in [0, 0.1) is 18.8 Å². The highest BCUT2D eigenvalue weighted by Gasteiger charge is 2.44. The number of rotatable bonds is 7. The number of likely N-dealkylation sites (tertiary alicyclic amines) is 1. The molecule has 0 spiro atoms. The molecular formula is C32H37F6N3O4S. The molecule has 3 fully saturated rings. The fraction of sp³-hybridized carbons (Fsp3) is 0.562. The Balaban J connectivity index is 1.32. The molecular weight excluding hydrogens is 636 g/mol. The monoisotopic (exact) mass is 673 g/mol. The summed E-state index contributed by atoms with van der Waals surface area (Å²) in [6, 6.07) is 8.69. The molecule has 46 heavy (non-hydrogen) atoms. The Kier molecular flexibility index (Phi) is 9.53. The molecule has 5 rings (SSSR count). The molecule has 7 nitrogen and oxygen atoms in total. The molecule has 2 saturated heterocycles. The molecule has 1 aliphatic carbocycles. The molecule has 0 bridgehead atoms. The number of alkyl halides is 6. The fourth-order valence-corrected chi connectivity index (χ4v) is 8.58. The van der Waals surface area contributed by atoms with E-state index in [0.29, 0.717) is 37.8 Å². The van der Waals surface area contributed by atoms with Crippen molar-refractivity contribution < 1.29 is 44.3 Å². The first kappa shape index (κ1) is 34.2. The van der Waals surface area contributed by atoms with Gasteiger partial charge >= 0.3 is 12.4 Å². The van der Waals surface area contributed by atoms with Gasteiger partial charge in [-0.15, -0.1) is 0 Å². The zero-order chi connectivity index (χ0) is 33.6. The van der Waals surface area contributed by atoms with E-state index in [0.717, 1.165) is 16.0 Å². The van der Waals surface area contributed by atoms with Crippen LogP contribution in [0.1, 0.15) is 65.8 Å². The van der Waals surface area contributed by atoms with Crippen LogP contribution < -0.4 is 0 Å². The quantitative estimate of drug-likeness (QED) is 0.347. The van der Waals surface area contributed by atoms with Crippen molar-refractivity contribution in [1.29, 1.82) is 0 Å². The summed E-state index contributed by atoms with van der Waals surface area (Å²) in [4.78, 5) is 30.4. The summed E-state index contributed by atoms with van der Waals surface area (Å²) in [6.07, 6.45) is -7.63. The van der Waals surface area contributed by atoms with Gasteiger partial charge < -0.3 is 9.80 Å². The summed E-state index contributed by atoms with van der Waals surface area (Å²) >= 11 is 0. The molecule has 2 amide bonds.